The molecule has 1 aliphatic rings. The van der Waals surface area contributed by atoms with E-state index in [0.29, 0.717) is 11.7 Å². The summed E-state index contributed by atoms with van der Waals surface area (Å²) in [6, 6.07) is 0. The molecule has 1 unspecified atom stereocenters. The number of amides is 2. The lowest BCUT2D eigenvalue weighted by molar-refractivity contribution is -0.124. The monoisotopic (exact) mass is 229 g/mol. The Hall–Kier alpha value is -1.04. The number of hydrogen-bond donors (Lipinski definition) is 2. The van der Waals surface area contributed by atoms with Gasteiger partial charge in [-0.1, -0.05) is 18.7 Å². The largest absolute Gasteiger partial charge is 0.359 e. The van der Waals surface area contributed by atoms with Crippen LogP contribution in [-0.2, 0) is 9.59 Å². The Morgan fingerprint density at radius 3 is 3.00 bits per heavy atom. The van der Waals surface area contributed by atoms with E-state index >= 15 is 0 Å². The predicted molar refractivity (Wildman–Crippen MR) is 60.8 cm³/mol. The Morgan fingerprint density at radius 1 is 1.67 bits per heavy atom. The molecule has 2 amide bonds. The minimum atomic E-state index is -0.333. The molecule has 0 radical (unpaired) electrons. The standard InChI is InChI=1S/C9H15N3O2S/c1-3-4-11-9-12-8(14)6(15-9)5-7(13)10-2/h6H,3-5H2,1-2H3,(H,10,13)(H,11,12,14). The summed E-state index contributed by atoms with van der Waals surface area (Å²) < 4.78 is 0. The zero-order chi connectivity index (χ0) is 11.3. The molecule has 0 aliphatic carbocycles. The fraction of sp³-hybridized carbons (Fsp3) is 0.667. The van der Waals surface area contributed by atoms with Gasteiger partial charge >= 0.3 is 0 Å². The van der Waals surface area contributed by atoms with Crippen molar-refractivity contribution in [1.82, 2.24) is 10.6 Å². The summed E-state index contributed by atoms with van der Waals surface area (Å²) >= 11 is 1.33. The zero-order valence-corrected chi connectivity index (χ0v) is 9.69. The summed E-state index contributed by atoms with van der Waals surface area (Å²) in [7, 11) is 1.56. The molecule has 1 saturated heterocycles. The van der Waals surface area contributed by atoms with Crippen LogP contribution in [0.4, 0.5) is 0 Å². The van der Waals surface area contributed by atoms with E-state index in [2.05, 4.69) is 15.6 Å². The van der Waals surface area contributed by atoms with Gasteiger partial charge < -0.3 is 10.6 Å². The predicted octanol–water partition coefficient (Wildman–Crippen LogP) is 0.120. The Kier molecular flexibility index (Phi) is 4.61. The van der Waals surface area contributed by atoms with E-state index in [0.717, 1.165) is 6.42 Å². The van der Waals surface area contributed by atoms with Gasteiger partial charge in [0.05, 0.1) is 0 Å². The molecule has 1 aliphatic heterocycles. The molecule has 0 aromatic heterocycles. The summed E-state index contributed by atoms with van der Waals surface area (Å²) in [6.45, 7) is 2.73. The van der Waals surface area contributed by atoms with Gasteiger partial charge in [0.15, 0.2) is 5.17 Å². The molecular formula is C9H15N3O2S. The minimum Gasteiger partial charge on any atom is -0.359 e. The number of aliphatic imine (C=N–C) groups is 1. The van der Waals surface area contributed by atoms with E-state index in [-0.39, 0.29) is 23.5 Å². The molecule has 1 atom stereocenters. The number of hydrogen-bond acceptors (Lipinski definition) is 4. The molecule has 84 valence electrons. The lowest BCUT2D eigenvalue weighted by Crippen LogP contribution is -2.29. The van der Waals surface area contributed by atoms with Crippen LogP contribution in [0.1, 0.15) is 19.8 Å². The highest BCUT2D eigenvalue weighted by molar-refractivity contribution is 8.15. The van der Waals surface area contributed by atoms with Gasteiger partial charge in [-0.2, -0.15) is 0 Å². The highest BCUT2D eigenvalue weighted by Crippen LogP contribution is 2.22. The van der Waals surface area contributed by atoms with Gasteiger partial charge in [-0.3, -0.25) is 14.6 Å². The second kappa shape index (κ2) is 5.75. The van der Waals surface area contributed by atoms with E-state index in [1.807, 2.05) is 6.92 Å². The third-order valence-electron chi connectivity index (χ3n) is 1.91. The van der Waals surface area contributed by atoms with Crippen molar-refractivity contribution in [1.29, 1.82) is 0 Å². The summed E-state index contributed by atoms with van der Waals surface area (Å²) in [6.07, 6.45) is 1.15. The minimum absolute atomic E-state index is 0.126. The molecule has 0 saturated carbocycles. The number of carbonyl (C=O) groups is 2. The van der Waals surface area contributed by atoms with E-state index in [1.54, 1.807) is 7.05 Å². The topological polar surface area (TPSA) is 70.6 Å². The van der Waals surface area contributed by atoms with Crippen LogP contribution in [0.25, 0.3) is 0 Å². The van der Waals surface area contributed by atoms with Gasteiger partial charge in [-0.25, -0.2) is 0 Å². The van der Waals surface area contributed by atoms with E-state index in [9.17, 15) is 9.59 Å². The van der Waals surface area contributed by atoms with E-state index in [4.69, 9.17) is 0 Å². The highest BCUT2D eigenvalue weighted by Gasteiger charge is 2.31. The van der Waals surface area contributed by atoms with Crippen molar-refractivity contribution in [2.45, 2.75) is 25.0 Å². The number of thioether (sulfide) groups is 1. The number of amidine groups is 1. The Balaban J connectivity index is 2.49. The molecule has 1 fully saturated rings. The van der Waals surface area contributed by atoms with E-state index in [1.165, 1.54) is 11.8 Å². The van der Waals surface area contributed by atoms with Crippen molar-refractivity contribution in [2.75, 3.05) is 13.6 Å². The number of nitrogens with zero attached hydrogens (tertiary/aromatic N) is 1. The van der Waals surface area contributed by atoms with Crippen LogP contribution >= 0.6 is 11.8 Å². The van der Waals surface area contributed by atoms with Crippen LogP contribution in [-0.4, -0.2) is 35.8 Å². The average Bonchev–Trinajstić information content (AvgIpc) is 2.56. The summed E-state index contributed by atoms with van der Waals surface area (Å²) in [5.74, 6) is -0.252. The maximum absolute atomic E-state index is 11.4. The molecule has 15 heavy (non-hydrogen) atoms. The second-order valence-corrected chi connectivity index (χ2v) is 4.35. The zero-order valence-electron chi connectivity index (χ0n) is 8.87. The quantitative estimate of drug-likeness (QED) is 0.719. The molecule has 1 heterocycles. The molecule has 0 spiro atoms. The number of carbonyl (C=O) groups excluding carboxylic acids is 2. The maximum atomic E-state index is 11.4. The molecule has 0 bridgehead atoms. The first-order valence-corrected chi connectivity index (χ1v) is 5.78. The highest BCUT2D eigenvalue weighted by atomic mass is 32.2. The Bertz CT molecular complexity index is 291. The van der Waals surface area contributed by atoms with Crippen LogP contribution in [0.2, 0.25) is 0 Å². The maximum Gasteiger partial charge on any atom is 0.240 e. The molecule has 1 rings (SSSR count). The molecule has 0 aromatic carbocycles. The van der Waals surface area contributed by atoms with Gasteiger partial charge in [0.1, 0.15) is 5.25 Å². The van der Waals surface area contributed by atoms with Crippen LogP contribution < -0.4 is 10.6 Å². The number of rotatable bonds is 4. The summed E-state index contributed by atoms with van der Waals surface area (Å²) in [5.41, 5.74) is 0. The first kappa shape index (κ1) is 12.0. The van der Waals surface area contributed by atoms with Crippen molar-refractivity contribution in [3.05, 3.63) is 0 Å². The SMILES string of the molecule is CCCN=C1NC(=O)C(CC(=O)NC)S1. The number of nitrogens with one attached hydrogen (secondary N) is 2. The normalized spacial score (nSPS) is 22.9. The smallest absolute Gasteiger partial charge is 0.240 e. The van der Waals surface area contributed by atoms with Crippen molar-refractivity contribution >= 4 is 28.7 Å². The third kappa shape index (κ3) is 3.54. The summed E-state index contributed by atoms with van der Waals surface area (Å²) in [5, 5.41) is 5.46. The molecule has 6 heteroatoms. The molecule has 5 nitrogen and oxygen atoms in total. The first-order valence-electron chi connectivity index (χ1n) is 4.90. The summed E-state index contributed by atoms with van der Waals surface area (Å²) in [4.78, 5) is 26.7. The third-order valence-corrected chi connectivity index (χ3v) is 3.02. The first-order chi connectivity index (χ1) is 7.17. The molecule has 0 aromatic rings. The second-order valence-electron chi connectivity index (χ2n) is 3.16. The lowest BCUT2D eigenvalue weighted by Gasteiger charge is -2.02. The van der Waals surface area contributed by atoms with Gasteiger partial charge in [0.2, 0.25) is 11.8 Å². The van der Waals surface area contributed by atoms with Crippen LogP contribution in [0.15, 0.2) is 4.99 Å². The van der Waals surface area contributed by atoms with Gasteiger partial charge in [-0.05, 0) is 6.42 Å². The Morgan fingerprint density at radius 2 is 2.40 bits per heavy atom. The lowest BCUT2D eigenvalue weighted by atomic mass is 10.3. The van der Waals surface area contributed by atoms with Crippen molar-refractivity contribution in [3.63, 3.8) is 0 Å². The van der Waals surface area contributed by atoms with Gasteiger partial charge in [0.25, 0.3) is 0 Å². The van der Waals surface area contributed by atoms with Gasteiger partial charge in [-0.15, -0.1) is 0 Å². The van der Waals surface area contributed by atoms with E-state index < -0.39 is 0 Å². The van der Waals surface area contributed by atoms with Crippen LogP contribution in [0.3, 0.4) is 0 Å². The molecular weight excluding hydrogens is 214 g/mol. The van der Waals surface area contributed by atoms with Crippen molar-refractivity contribution in [2.24, 2.45) is 4.99 Å². The fourth-order valence-corrected chi connectivity index (χ4v) is 2.09. The van der Waals surface area contributed by atoms with Gasteiger partial charge in [0, 0.05) is 20.0 Å². The van der Waals surface area contributed by atoms with Crippen LogP contribution in [0, 0.1) is 0 Å². The van der Waals surface area contributed by atoms with Crippen molar-refractivity contribution < 1.29 is 9.59 Å². The molecule has 2 N–H and O–H groups in total. The van der Waals surface area contributed by atoms with Crippen LogP contribution in [0.5, 0.6) is 0 Å². The Labute approximate surface area is 93.1 Å². The fourth-order valence-electron chi connectivity index (χ4n) is 1.10. The average molecular weight is 229 g/mol. The van der Waals surface area contributed by atoms with Crippen molar-refractivity contribution in [3.8, 4) is 0 Å².